The van der Waals surface area contributed by atoms with Crippen LogP contribution in [0.2, 0.25) is 0 Å². The number of thioether (sulfide) groups is 1. The largest absolute Gasteiger partial charge is 0.298 e. The van der Waals surface area contributed by atoms with Crippen LogP contribution in [0.25, 0.3) is 5.70 Å². The van der Waals surface area contributed by atoms with Gasteiger partial charge in [-0.2, -0.15) is 0 Å². The lowest BCUT2D eigenvalue weighted by atomic mass is 10.1. The van der Waals surface area contributed by atoms with Crippen molar-refractivity contribution in [2.24, 2.45) is 10.1 Å². The minimum atomic E-state index is -0.659. The van der Waals surface area contributed by atoms with E-state index in [0.717, 1.165) is 5.75 Å². The van der Waals surface area contributed by atoms with Gasteiger partial charge in [0.1, 0.15) is 5.70 Å². The minimum Gasteiger partial charge on any atom is -0.298 e. The molecule has 0 radical (unpaired) electrons. The van der Waals surface area contributed by atoms with Crippen LogP contribution in [0, 0.1) is 10.1 Å². The van der Waals surface area contributed by atoms with Crippen molar-refractivity contribution in [3.05, 3.63) is 74.8 Å². The molecule has 0 aliphatic carbocycles. The zero-order valence-electron chi connectivity index (χ0n) is 14.3. The van der Waals surface area contributed by atoms with Crippen LogP contribution in [-0.2, 0) is 4.79 Å². The van der Waals surface area contributed by atoms with Gasteiger partial charge in [0, 0.05) is 22.9 Å². The van der Waals surface area contributed by atoms with Crippen LogP contribution in [0.4, 0.5) is 5.69 Å². The van der Waals surface area contributed by atoms with Crippen molar-refractivity contribution in [2.45, 2.75) is 13.1 Å². The molecule has 4 rings (SSSR count). The first-order valence-corrected chi connectivity index (χ1v) is 9.30. The number of para-hydroxylation sites is 1. The van der Waals surface area contributed by atoms with E-state index in [2.05, 4.69) is 10.4 Å². The fraction of sp³-hybridized carbons (Fsp3) is 0.167. The molecule has 1 atom stereocenters. The smallest absolute Gasteiger partial charge is 0.276 e. The molecule has 0 bridgehead atoms. The number of hydrogen-bond donors (Lipinski definition) is 1. The number of nitro groups is 1. The average molecular weight is 381 g/mol. The van der Waals surface area contributed by atoms with E-state index in [-0.39, 0.29) is 11.6 Å². The number of hydrazone groups is 1. The van der Waals surface area contributed by atoms with Crippen LogP contribution in [0.1, 0.15) is 18.7 Å². The van der Waals surface area contributed by atoms with Crippen molar-refractivity contribution in [2.75, 3.05) is 5.75 Å². The molecule has 0 saturated heterocycles. The average Bonchev–Trinajstić information content (AvgIpc) is 2.67. The van der Waals surface area contributed by atoms with E-state index in [0.29, 0.717) is 27.0 Å². The SMILES string of the molecule is CCSC1=NN2C(=c3ccccc3=N[C@H]2c2cccc([N+](=O)[O-])c2)C(=O)N1. The van der Waals surface area contributed by atoms with Crippen molar-refractivity contribution in [3.63, 3.8) is 0 Å². The van der Waals surface area contributed by atoms with Crippen LogP contribution < -0.4 is 15.9 Å². The molecule has 0 aromatic heterocycles. The Kier molecular flexibility index (Phi) is 4.36. The summed E-state index contributed by atoms with van der Waals surface area (Å²) in [4.78, 5) is 28.2. The number of nitrogens with one attached hydrogen (secondary N) is 1. The summed E-state index contributed by atoms with van der Waals surface area (Å²) in [5, 5.41) is 21.9. The molecular formula is C18H15N5O3S. The molecule has 2 aliphatic rings. The molecule has 9 heteroatoms. The number of amidine groups is 1. The van der Waals surface area contributed by atoms with Gasteiger partial charge in [0.15, 0.2) is 11.3 Å². The van der Waals surface area contributed by atoms with Gasteiger partial charge in [-0.3, -0.25) is 25.2 Å². The third-order valence-corrected chi connectivity index (χ3v) is 4.92. The first-order chi connectivity index (χ1) is 13.1. The Morgan fingerprint density at radius 3 is 2.85 bits per heavy atom. The van der Waals surface area contributed by atoms with Gasteiger partial charge in [-0.1, -0.05) is 49.0 Å². The summed E-state index contributed by atoms with van der Waals surface area (Å²) in [6.45, 7) is 1.96. The summed E-state index contributed by atoms with van der Waals surface area (Å²) >= 11 is 1.41. The summed E-state index contributed by atoms with van der Waals surface area (Å²) < 4.78 is 0. The van der Waals surface area contributed by atoms with Gasteiger partial charge >= 0.3 is 0 Å². The quantitative estimate of drug-likeness (QED) is 0.641. The van der Waals surface area contributed by atoms with Gasteiger partial charge in [0.2, 0.25) is 0 Å². The number of rotatable bonds is 3. The van der Waals surface area contributed by atoms with Crippen LogP contribution >= 0.6 is 11.8 Å². The number of amides is 1. The normalized spacial score (nSPS) is 18.0. The maximum atomic E-state index is 12.8. The van der Waals surface area contributed by atoms with Gasteiger partial charge < -0.3 is 0 Å². The minimum absolute atomic E-state index is 0.0308. The zero-order chi connectivity index (χ0) is 19.0. The number of non-ortho nitro benzene ring substituents is 1. The van der Waals surface area contributed by atoms with Crippen molar-refractivity contribution in [1.29, 1.82) is 0 Å². The maximum Gasteiger partial charge on any atom is 0.276 e. The molecule has 136 valence electrons. The maximum absolute atomic E-state index is 12.8. The Labute approximate surface area is 158 Å². The molecule has 0 unspecified atom stereocenters. The molecule has 0 saturated carbocycles. The molecule has 2 aliphatic heterocycles. The Hall–Kier alpha value is -3.20. The van der Waals surface area contributed by atoms with E-state index >= 15 is 0 Å². The molecule has 2 aromatic rings. The molecule has 8 nitrogen and oxygen atoms in total. The summed E-state index contributed by atoms with van der Waals surface area (Å²) in [6, 6.07) is 13.6. The third-order valence-electron chi connectivity index (χ3n) is 4.18. The predicted octanol–water partition coefficient (Wildman–Crippen LogP) is 1.49. The topological polar surface area (TPSA) is 100 Å². The number of carbonyl (C=O) groups excluding carboxylic acids is 1. The van der Waals surface area contributed by atoms with Crippen molar-refractivity contribution in [1.82, 2.24) is 10.3 Å². The summed E-state index contributed by atoms with van der Waals surface area (Å²) in [5.41, 5.74) is 0.949. The standard InChI is InChI=1S/C18H15N5O3S/c1-2-27-18-20-17(24)15-13-8-3-4-9-14(13)19-16(22(15)21-18)11-6-5-7-12(10-11)23(25)26/h3-10,16H,2H2,1H3,(H,20,21,24)/t16-/m1/s1. The predicted molar refractivity (Wildman–Crippen MR) is 102 cm³/mol. The molecule has 2 heterocycles. The Morgan fingerprint density at radius 2 is 2.07 bits per heavy atom. The van der Waals surface area contributed by atoms with Crippen LogP contribution in [0.15, 0.2) is 58.6 Å². The lowest BCUT2D eigenvalue weighted by Gasteiger charge is -2.33. The van der Waals surface area contributed by atoms with E-state index < -0.39 is 11.1 Å². The fourth-order valence-electron chi connectivity index (χ4n) is 3.05. The van der Waals surface area contributed by atoms with Crippen molar-refractivity contribution >= 4 is 34.2 Å². The summed E-state index contributed by atoms with van der Waals surface area (Å²) in [5.74, 6) is 0.482. The van der Waals surface area contributed by atoms with E-state index in [1.165, 1.54) is 23.9 Å². The Balaban J connectivity index is 1.94. The van der Waals surface area contributed by atoms with E-state index in [1.807, 2.05) is 31.2 Å². The lowest BCUT2D eigenvalue weighted by molar-refractivity contribution is -0.384. The van der Waals surface area contributed by atoms with E-state index in [1.54, 1.807) is 17.1 Å². The van der Waals surface area contributed by atoms with Gasteiger partial charge in [-0.05, 0) is 11.8 Å². The van der Waals surface area contributed by atoms with E-state index in [4.69, 9.17) is 4.99 Å². The first-order valence-electron chi connectivity index (χ1n) is 8.32. The number of fused-ring (bicyclic) bond motifs is 2. The number of benzene rings is 2. The molecule has 0 spiro atoms. The second-order valence-electron chi connectivity index (χ2n) is 5.86. The zero-order valence-corrected chi connectivity index (χ0v) is 15.1. The van der Waals surface area contributed by atoms with Crippen LogP contribution in [0.3, 0.4) is 0 Å². The second kappa shape index (κ2) is 6.84. The number of nitro benzene ring substituents is 1. The van der Waals surface area contributed by atoms with Crippen molar-refractivity contribution < 1.29 is 9.72 Å². The highest BCUT2D eigenvalue weighted by Gasteiger charge is 2.34. The first kappa shape index (κ1) is 17.2. The highest BCUT2D eigenvalue weighted by atomic mass is 32.2. The number of hydrogen-bond acceptors (Lipinski definition) is 7. The number of carbonyl (C=O) groups is 1. The number of nitrogens with zero attached hydrogens (tertiary/aromatic N) is 4. The highest BCUT2D eigenvalue weighted by Crippen LogP contribution is 2.32. The monoisotopic (exact) mass is 381 g/mol. The summed E-state index contributed by atoms with van der Waals surface area (Å²) in [7, 11) is 0. The molecule has 2 aromatic carbocycles. The van der Waals surface area contributed by atoms with Gasteiger partial charge in [-0.15, -0.1) is 5.10 Å². The summed E-state index contributed by atoms with van der Waals surface area (Å²) in [6.07, 6.45) is -0.659. The molecule has 1 N–H and O–H groups in total. The molecule has 27 heavy (non-hydrogen) atoms. The van der Waals surface area contributed by atoms with Crippen LogP contribution in [-0.4, -0.2) is 26.8 Å². The molecule has 0 fully saturated rings. The molecule has 1 amide bonds. The Bertz CT molecular complexity index is 1100. The van der Waals surface area contributed by atoms with Gasteiger partial charge in [0.25, 0.3) is 11.6 Å². The fourth-order valence-corrected chi connectivity index (χ4v) is 3.63. The Morgan fingerprint density at radius 1 is 1.26 bits per heavy atom. The van der Waals surface area contributed by atoms with Crippen molar-refractivity contribution in [3.8, 4) is 0 Å². The highest BCUT2D eigenvalue weighted by molar-refractivity contribution is 8.13. The second-order valence-corrected chi connectivity index (χ2v) is 7.11. The lowest BCUT2D eigenvalue weighted by Crippen LogP contribution is -2.50. The van der Waals surface area contributed by atoms with Crippen LogP contribution in [0.5, 0.6) is 0 Å². The molecular weight excluding hydrogens is 366 g/mol. The van der Waals surface area contributed by atoms with E-state index in [9.17, 15) is 14.9 Å². The third kappa shape index (κ3) is 3.06. The van der Waals surface area contributed by atoms with Gasteiger partial charge in [-0.25, -0.2) is 5.01 Å². The van der Waals surface area contributed by atoms with Gasteiger partial charge in [0.05, 0.1) is 10.3 Å².